The predicted octanol–water partition coefficient (Wildman–Crippen LogP) is 4.14. The van der Waals surface area contributed by atoms with Crippen molar-refractivity contribution in [2.45, 2.75) is 40.0 Å². The van der Waals surface area contributed by atoms with Gasteiger partial charge < -0.3 is 9.30 Å². The van der Waals surface area contributed by atoms with E-state index < -0.39 is 0 Å². The van der Waals surface area contributed by atoms with Gasteiger partial charge in [-0.2, -0.15) is 0 Å². The van der Waals surface area contributed by atoms with Crippen LogP contribution >= 0.6 is 15.9 Å². The Morgan fingerprint density at radius 1 is 1.24 bits per heavy atom. The fourth-order valence-electron chi connectivity index (χ4n) is 3.27. The maximum atomic E-state index is 4.69. The Labute approximate surface area is 134 Å². The Kier molecular flexibility index (Phi) is 3.95. The minimum absolute atomic E-state index is 0.392. The van der Waals surface area contributed by atoms with E-state index in [0.717, 1.165) is 35.1 Å². The largest absolute Gasteiger partial charge is 0.353 e. The molecular formula is C16H23BrN4. The number of nitrogens with zero attached hydrogens (tertiary/aromatic N) is 4. The third-order valence-electron chi connectivity index (χ3n) is 4.58. The molecule has 0 spiro atoms. The normalized spacial score (nSPS) is 20.8. The highest BCUT2D eigenvalue weighted by atomic mass is 79.9. The third kappa shape index (κ3) is 3.07. The molecule has 0 bridgehead atoms. The Bertz CT molecular complexity index is 629. The zero-order chi connectivity index (χ0) is 15.0. The average Bonchev–Trinajstić information content (AvgIpc) is 2.71. The zero-order valence-electron chi connectivity index (χ0n) is 13.0. The lowest BCUT2D eigenvalue weighted by atomic mass is 9.77. The van der Waals surface area contributed by atoms with E-state index in [-0.39, 0.29) is 0 Å². The van der Waals surface area contributed by atoms with Gasteiger partial charge >= 0.3 is 0 Å². The van der Waals surface area contributed by atoms with Gasteiger partial charge in [0, 0.05) is 31.7 Å². The van der Waals surface area contributed by atoms with Gasteiger partial charge in [-0.25, -0.2) is 9.97 Å². The summed E-state index contributed by atoms with van der Waals surface area (Å²) >= 11 is 3.51. The molecule has 0 saturated carbocycles. The molecule has 2 aromatic heterocycles. The molecule has 1 saturated heterocycles. The summed E-state index contributed by atoms with van der Waals surface area (Å²) < 4.78 is 2.90. The summed E-state index contributed by atoms with van der Waals surface area (Å²) in [4.78, 5) is 11.6. The molecule has 3 rings (SSSR count). The molecule has 1 fully saturated rings. The molecule has 1 aliphatic rings. The second kappa shape index (κ2) is 5.59. The van der Waals surface area contributed by atoms with Crippen LogP contribution in [0.25, 0.3) is 5.65 Å². The molecule has 0 aliphatic carbocycles. The Hall–Kier alpha value is -1.10. The summed E-state index contributed by atoms with van der Waals surface area (Å²) in [6.45, 7) is 9.21. The minimum Gasteiger partial charge on any atom is -0.353 e. The number of anilines is 1. The van der Waals surface area contributed by atoms with Gasteiger partial charge in [0.05, 0.1) is 0 Å². The summed E-state index contributed by atoms with van der Waals surface area (Å²) in [5.41, 5.74) is 1.34. The van der Waals surface area contributed by atoms with Crippen LogP contribution in [0.5, 0.6) is 0 Å². The second-order valence-corrected chi connectivity index (χ2v) is 7.84. The van der Waals surface area contributed by atoms with Crippen LogP contribution < -0.4 is 4.90 Å². The summed E-state index contributed by atoms with van der Waals surface area (Å²) in [6, 6.07) is 0. The molecule has 114 valence electrons. The molecule has 0 N–H and O–H groups in total. The van der Waals surface area contributed by atoms with E-state index in [4.69, 9.17) is 0 Å². The van der Waals surface area contributed by atoms with Gasteiger partial charge in [-0.3, -0.25) is 0 Å². The fourth-order valence-corrected chi connectivity index (χ4v) is 3.66. The first kappa shape index (κ1) is 14.8. The molecule has 1 aliphatic heterocycles. The van der Waals surface area contributed by atoms with Gasteiger partial charge in [0.25, 0.3) is 0 Å². The van der Waals surface area contributed by atoms with E-state index >= 15 is 0 Å². The van der Waals surface area contributed by atoms with Crippen LogP contribution in [0.15, 0.2) is 23.2 Å². The van der Waals surface area contributed by atoms with E-state index in [2.05, 4.69) is 51.6 Å². The second-order valence-electron chi connectivity index (χ2n) is 7.03. The average molecular weight is 351 g/mol. The van der Waals surface area contributed by atoms with Crippen LogP contribution in [0.3, 0.4) is 0 Å². The monoisotopic (exact) mass is 350 g/mol. The lowest BCUT2D eigenvalue weighted by Crippen LogP contribution is -2.27. The van der Waals surface area contributed by atoms with Crippen LogP contribution in [0, 0.1) is 11.3 Å². The number of rotatable bonds is 1. The van der Waals surface area contributed by atoms with Crippen molar-refractivity contribution < 1.29 is 0 Å². The van der Waals surface area contributed by atoms with Crippen LogP contribution in [0.2, 0.25) is 0 Å². The van der Waals surface area contributed by atoms with Gasteiger partial charge in [-0.1, -0.05) is 20.8 Å². The predicted molar refractivity (Wildman–Crippen MR) is 89.7 cm³/mol. The molecule has 0 aromatic carbocycles. The minimum atomic E-state index is 0.392. The van der Waals surface area contributed by atoms with Gasteiger partial charge in [0.2, 0.25) is 0 Å². The van der Waals surface area contributed by atoms with Crippen molar-refractivity contribution in [1.82, 2.24) is 14.4 Å². The van der Waals surface area contributed by atoms with Crippen molar-refractivity contribution in [1.29, 1.82) is 0 Å². The van der Waals surface area contributed by atoms with Crippen molar-refractivity contribution in [3.63, 3.8) is 0 Å². The van der Waals surface area contributed by atoms with Crippen LogP contribution in [0.4, 0.5) is 5.82 Å². The molecule has 21 heavy (non-hydrogen) atoms. The van der Waals surface area contributed by atoms with E-state index in [1.807, 2.05) is 23.0 Å². The Morgan fingerprint density at radius 2 is 2.05 bits per heavy atom. The first-order chi connectivity index (χ1) is 9.95. The van der Waals surface area contributed by atoms with Crippen molar-refractivity contribution in [3.8, 4) is 0 Å². The maximum absolute atomic E-state index is 4.69. The topological polar surface area (TPSA) is 33.4 Å². The number of fused-ring (bicyclic) bond motifs is 1. The highest BCUT2D eigenvalue weighted by Gasteiger charge is 2.28. The van der Waals surface area contributed by atoms with E-state index in [9.17, 15) is 0 Å². The van der Waals surface area contributed by atoms with Gasteiger partial charge in [-0.05, 0) is 46.5 Å². The molecule has 1 unspecified atom stereocenters. The standard InChI is InChI=1S/C16H23BrN4/c1-16(2,3)12-5-4-8-20(9-6-12)15-14-18-7-10-21(14)11-13(17)19-15/h7,10-12H,4-6,8-9H2,1-3H3. The fraction of sp³-hybridized carbons (Fsp3) is 0.625. The molecule has 4 nitrogen and oxygen atoms in total. The van der Waals surface area contributed by atoms with Crippen molar-refractivity contribution in [2.24, 2.45) is 11.3 Å². The maximum Gasteiger partial charge on any atom is 0.180 e. The molecule has 1 atom stereocenters. The SMILES string of the molecule is CC(C)(C)C1CCCN(c2nc(Br)cn3ccnc23)CC1. The Balaban J connectivity index is 1.88. The molecule has 5 heteroatoms. The summed E-state index contributed by atoms with van der Waals surface area (Å²) in [6.07, 6.45) is 9.53. The molecule has 2 aromatic rings. The molecule has 3 heterocycles. The number of hydrogen-bond donors (Lipinski definition) is 0. The summed E-state index contributed by atoms with van der Waals surface area (Å²) in [5.74, 6) is 1.79. The van der Waals surface area contributed by atoms with Gasteiger partial charge in [-0.15, -0.1) is 0 Å². The van der Waals surface area contributed by atoms with Crippen molar-refractivity contribution in [3.05, 3.63) is 23.2 Å². The van der Waals surface area contributed by atoms with Gasteiger partial charge in [0.1, 0.15) is 4.60 Å². The number of halogens is 1. The van der Waals surface area contributed by atoms with E-state index in [1.165, 1.54) is 19.3 Å². The van der Waals surface area contributed by atoms with E-state index in [0.29, 0.717) is 5.41 Å². The number of aromatic nitrogens is 3. The lowest BCUT2D eigenvalue weighted by molar-refractivity contribution is 0.220. The van der Waals surface area contributed by atoms with Crippen LogP contribution in [0.1, 0.15) is 40.0 Å². The highest BCUT2D eigenvalue weighted by Crippen LogP contribution is 2.35. The van der Waals surface area contributed by atoms with Crippen molar-refractivity contribution in [2.75, 3.05) is 18.0 Å². The number of imidazole rings is 1. The molecule has 0 radical (unpaired) electrons. The third-order valence-corrected chi connectivity index (χ3v) is 4.96. The number of hydrogen-bond acceptors (Lipinski definition) is 3. The quantitative estimate of drug-likeness (QED) is 0.774. The van der Waals surface area contributed by atoms with E-state index in [1.54, 1.807) is 0 Å². The zero-order valence-corrected chi connectivity index (χ0v) is 14.6. The highest BCUT2D eigenvalue weighted by molar-refractivity contribution is 9.10. The van der Waals surface area contributed by atoms with Crippen LogP contribution in [-0.4, -0.2) is 27.5 Å². The molecule has 0 amide bonds. The smallest absolute Gasteiger partial charge is 0.180 e. The first-order valence-corrected chi connectivity index (χ1v) is 8.48. The van der Waals surface area contributed by atoms with Crippen LogP contribution in [-0.2, 0) is 0 Å². The van der Waals surface area contributed by atoms with Gasteiger partial charge in [0.15, 0.2) is 11.5 Å². The molecular weight excluding hydrogens is 328 g/mol. The summed E-state index contributed by atoms with van der Waals surface area (Å²) in [7, 11) is 0. The lowest BCUT2D eigenvalue weighted by Gasteiger charge is -2.30. The Morgan fingerprint density at radius 3 is 2.81 bits per heavy atom. The van der Waals surface area contributed by atoms with Crippen molar-refractivity contribution >= 4 is 27.4 Å². The first-order valence-electron chi connectivity index (χ1n) is 7.69. The summed E-state index contributed by atoms with van der Waals surface area (Å²) in [5, 5.41) is 0.